The molecular weight excluding hydrogens is 398 g/mol. The van der Waals surface area contributed by atoms with Crippen molar-refractivity contribution in [1.82, 2.24) is 19.9 Å². The molecule has 0 aliphatic rings. The Morgan fingerprint density at radius 1 is 1.58 bits per heavy atom. The quantitative estimate of drug-likeness (QED) is 0.497. The summed E-state index contributed by atoms with van der Waals surface area (Å²) in [4.78, 5) is 34.6. The van der Waals surface area contributed by atoms with Crippen LogP contribution in [0.1, 0.15) is 26.8 Å². The summed E-state index contributed by atoms with van der Waals surface area (Å²) in [5, 5.41) is 12.4. The first kappa shape index (κ1) is 18.6. The number of aliphatic hydroxyl groups excluding tert-OH is 1. The zero-order valence-electron chi connectivity index (χ0n) is 13.3. The zero-order chi connectivity index (χ0) is 17.7. The fourth-order valence-electron chi connectivity index (χ4n) is 2.05. The highest BCUT2D eigenvalue weighted by Crippen LogP contribution is 2.26. The molecule has 0 atom stereocenters. The Labute approximate surface area is 151 Å². The summed E-state index contributed by atoms with van der Waals surface area (Å²) in [6.45, 7) is 2.64. The van der Waals surface area contributed by atoms with Crippen LogP contribution in [0.2, 0.25) is 0 Å². The molecule has 0 spiro atoms. The largest absolute Gasteiger partial charge is 0.396 e. The van der Waals surface area contributed by atoms with Gasteiger partial charge in [0.2, 0.25) is 6.41 Å². The lowest BCUT2D eigenvalue weighted by atomic mass is 10.3. The molecule has 0 fully saturated rings. The van der Waals surface area contributed by atoms with Gasteiger partial charge in [0.05, 0.1) is 6.54 Å². The van der Waals surface area contributed by atoms with Crippen LogP contribution in [0.15, 0.2) is 10.9 Å². The molecule has 24 heavy (non-hydrogen) atoms. The van der Waals surface area contributed by atoms with Crippen LogP contribution >= 0.6 is 27.3 Å². The molecule has 0 aromatic carbocycles. The van der Waals surface area contributed by atoms with Crippen LogP contribution in [0.4, 0.5) is 5.82 Å². The zero-order valence-corrected chi connectivity index (χ0v) is 15.7. The first-order chi connectivity index (χ1) is 11.5. The van der Waals surface area contributed by atoms with Gasteiger partial charge in [-0.1, -0.05) is 0 Å². The van der Waals surface area contributed by atoms with E-state index in [1.165, 1.54) is 23.3 Å². The topological polar surface area (TPSA) is 100 Å². The van der Waals surface area contributed by atoms with E-state index in [4.69, 9.17) is 5.11 Å². The lowest BCUT2D eigenvalue weighted by molar-refractivity contribution is -0.107. The molecule has 10 heteroatoms. The van der Waals surface area contributed by atoms with Crippen LogP contribution in [0, 0.1) is 6.92 Å². The molecule has 0 aliphatic carbocycles. The average molecular weight is 416 g/mol. The molecule has 2 heterocycles. The van der Waals surface area contributed by atoms with Gasteiger partial charge in [-0.2, -0.15) is 0 Å². The van der Waals surface area contributed by atoms with Crippen LogP contribution < -0.4 is 10.2 Å². The number of aliphatic hydroxyl groups is 1. The second-order valence-corrected chi connectivity index (χ2v) is 7.08. The van der Waals surface area contributed by atoms with Crippen LogP contribution in [-0.2, 0) is 11.3 Å². The Balaban J connectivity index is 2.38. The van der Waals surface area contributed by atoms with Crippen LogP contribution in [-0.4, -0.2) is 52.2 Å². The van der Waals surface area contributed by atoms with E-state index in [1.54, 1.807) is 10.8 Å². The number of hydrogen-bond donors (Lipinski definition) is 2. The van der Waals surface area contributed by atoms with Gasteiger partial charge in [-0.3, -0.25) is 9.59 Å². The maximum Gasteiger partial charge on any atom is 0.271 e. The number of nitrogens with one attached hydrogen (secondary N) is 1. The summed E-state index contributed by atoms with van der Waals surface area (Å²) in [6, 6.07) is 0. The van der Waals surface area contributed by atoms with Crippen molar-refractivity contribution in [3.05, 3.63) is 26.5 Å². The molecule has 0 bridgehead atoms. The second-order valence-electron chi connectivity index (χ2n) is 5.05. The summed E-state index contributed by atoms with van der Waals surface area (Å²) in [7, 11) is 1.53. The van der Waals surface area contributed by atoms with E-state index in [1.807, 2.05) is 6.92 Å². The molecular formula is C14H18BrN5O3S. The molecule has 2 aromatic rings. The van der Waals surface area contributed by atoms with E-state index in [9.17, 15) is 9.59 Å². The maximum atomic E-state index is 12.6. The molecule has 0 unspecified atom stereocenters. The van der Waals surface area contributed by atoms with Crippen molar-refractivity contribution in [2.45, 2.75) is 19.9 Å². The SMILES string of the molecule is Cc1cnc(Cn2c(Br)nc(N(C)C=O)c2C(=O)NCCCO)s1. The summed E-state index contributed by atoms with van der Waals surface area (Å²) in [6.07, 6.45) is 2.81. The summed E-state index contributed by atoms with van der Waals surface area (Å²) in [5.74, 6) is -0.106. The lowest BCUT2D eigenvalue weighted by Crippen LogP contribution is -2.30. The number of aromatic nitrogens is 3. The minimum Gasteiger partial charge on any atom is -0.396 e. The van der Waals surface area contributed by atoms with Crippen molar-refractivity contribution < 1.29 is 14.7 Å². The van der Waals surface area contributed by atoms with Gasteiger partial charge < -0.3 is 19.9 Å². The van der Waals surface area contributed by atoms with Gasteiger partial charge >= 0.3 is 0 Å². The Morgan fingerprint density at radius 2 is 2.33 bits per heavy atom. The number of hydrogen-bond acceptors (Lipinski definition) is 6. The number of carbonyl (C=O) groups excluding carboxylic acids is 2. The number of rotatable bonds is 8. The number of carbonyl (C=O) groups is 2. The molecule has 0 aliphatic heterocycles. The summed E-state index contributed by atoms with van der Waals surface area (Å²) >= 11 is 4.87. The molecule has 130 valence electrons. The first-order valence-corrected chi connectivity index (χ1v) is 8.83. The van der Waals surface area contributed by atoms with Gasteiger partial charge in [0.1, 0.15) is 5.01 Å². The maximum absolute atomic E-state index is 12.6. The van der Waals surface area contributed by atoms with Gasteiger partial charge in [-0.15, -0.1) is 11.3 Å². The minimum absolute atomic E-state index is 0.0112. The lowest BCUT2D eigenvalue weighted by Gasteiger charge is -2.13. The summed E-state index contributed by atoms with van der Waals surface area (Å²) < 4.78 is 2.10. The van der Waals surface area contributed by atoms with Crippen LogP contribution in [0.3, 0.4) is 0 Å². The van der Waals surface area contributed by atoms with Gasteiger partial charge in [0, 0.05) is 31.3 Å². The van der Waals surface area contributed by atoms with Crippen molar-refractivity contribution in [3.8, 4) is 0 Å². The van der Waals surface area contributed by atoms with Gasteiger partial charge in [0.25, 0.3) is 5.91 Å². The summed E-state index contributed by atoms with van der Waals surface area (Å²) in [5.41, 5.74) is 0.266. The van der Waals surface area contributed by atoms with E-state index in [0.29, 0.717) is 30.7 Å². The predicted molar refractivity (Wildman–Crippen MR) is 94.4 cm³/mol. The number of aryl methyl sites for hydroxylation is 1. The Morgan fingerprint density at radius 3 is 2.92 bits per heavy atom. The van der Waals surface area contributed by atoms with Crippen molar-refractivity contribution in [2.24, 2.45) is 0 Å². The highest BCUT2D eigenvalue weighted by molar-refractivity contribution is 9.10. The third kappa shape index (κ3) is 4.19. The first-order valence-electron chi connectivity index (χ1n) is 7.22. The van der Waals surface area contributed by atoms with Crippen molar-refractivity contribution in [3.63, 3.8) is 0 Å². The molecule has 2 N–H and O–H groups in total. The molecule has 0 saturated heterocycles. The van der Waals surface area contributed by atoms with E-state index < -0.39 is 0 Å². The second kappa shape index (κ2) is 8.36. The fraction of sp³-hybridized carbons (Fsp3) is 0.429. The number of nitrogens with zero attached hydrogens (tertiary/aromatic N) is 4. The van der Waals surface area contributed by atoms with Crippen LogP contribution in [0.25, 0.3) is 0 Å². The molecule has 2 rings (SSSR count). The van der Waals surface area contributed by atoms with E-state index >= 15 is 0 Å². The van der Waals surface area contributed by atoms with Gasteiger partial charge in [-0.05, 0) is 29.3 Å². The third-order valence-corrected chi connectivity index (χ3v) is 4.70. The highest BCUT2D eigenvalue weighted by atomic mass is 79.9. The van der Waals surface area contributed by atoms with E-state index in [2.05, 4.69) is 31.2 Å². The molecule has 2 amide bonds. The Bertz CT molecular complexity index is 730. The predicted octanol–water partition coefficient (Wildman–Crippen LogP) is 1.16. The minimum atomic E-state index is -0.362. The molecule has 0 radical (unpaired) electrons. The Kier molecular flexibility index (Phi) is 6.46. The molecule has 2 aromatic heterocycles. The third-order valence-electron chi connectivity index (χ3n) is 3.19. The molecule has 0 saturated carbocycles. The van der Waals surface area contributed by atoms with Gasteiger partial charge in [0.15, 0.2) is 16.2 Å². The van der Waals surface area contributed by atoms with Crippen molar-refractivity contribution in [1.29, 1.82) is 0 Å². The monoisotopic (exact) mass is 415 g/mol. The fourth-order valence-corrected chi connectivity index (χ4v) is 3.30. The van der Waals surface area contributed by atoms with Gasteiger partial charge in [-0.25, -0.2) is 9.97 Å². The van der Waals surface area contributed by atoms with Crippen molar-refractivity contribution in [2.75, 3.05) is 25.1 Å². The number of halogens is 1. The van der Waals surface area contributed by atoms with E-state index in [-0.39, 0.29) is 24.0 Å². The number of anilines is 1. The average Bonchev–Trinajstić information content (AvgIpc) is 3.11. The normalized spacial score (nSPS) is 10.7. The van der Waals surface area contributed by atoms with Crippen LogP contribution in [0.5, 0.6) is 0 Å². The number of amides is 2. The molecule has 8 nitrogen and oxygen atoms in total. The van der Waals surface area contributed by atoms with E-state index in [0.717, 1.165) is 9.88 Å². The highest BCUT2D eigenvalue weighted by Gasteiger charge is 2.25. The smallest absolute Gasteiger partial charge is 0.271 e. The number of thiazole rings is 1. The van der Waals surface area contributed by atoms with Crippen molar-refractivity contribution >= 4 is 45.4 Å². The standard InChI is InChI=1S/C14H18BrN5O3S/c1-9-6-17-10(24-9)7-20-11(13(23)16-4-3-5-21)12(18-14(20)15)19(2)8-22/h6,8,21H,3-5,7H2,1-2H3,(H,16,23). The Hall–Kier alpha value is -1.78. The number of imidazole rings is 1.